The Bertz CT molecular complexity index is 473. The van der Waals surface area contributed by atoms with Crippen LogP contribution in [-0.4, -0.2) is 20.5 Å². The average Bonchev–Trinajstić information content (AvgIpc) is 2.63. The largest absolute Gasteiger partial charge is 0.312 e. The molecule has 1 aromatic heterocycles. The van der Waals surface area contributed by atoms with Gasteiger partial charge in [0.15, 0.2) is 0 Å². The van der Waals surface area contributed by atoms with Crippen LogP contribution in [-0.2, 0) is 16.6 Å². The van der Waals surface area contributed by atoms with Crippen LogP contribution in [0.4, 0.5) is 0 Å². The van der Waals surface area contributed by atoms with Crippen molar-refractivity contribution in [1.29, 1.82) is 0 Å². The molecule has 1 aromatic rings. The van der Waals surface area contributed by atoms with Gasteiger partial charge in [-0.3, -0.25) is 0 Å². The van der Waals surface area contributed by atoms with E-state index >= 15 is 0 Å². The highest BCUT2D eigenvalue weighted by molar-refractivity contribution is 7.91. The Balaban J connectivity index is 2.73. The lowest BCUT2D eigenvalue weighted by molar-refractivity contribution is 0.492. The smallest absolute Gasteiger partial charge is 0.250 e. The highest BCUT2D eigenvalue weighted by Crippen LogP contribution is 2.22. The normalized spacial score (nSPS) is 12.9. The molecule has 0 aliphatic rings. The Morgan fingerprint density at radius 3 is 2.50 bits per heavy atom. The minimum absolute atomic E-state index is 0.380. The van der Waals surface area contributed by atoms with Gasteiger partial charge in [-0.25, -0.2) is 13.1 Å². The van der Waals surface area contributed by atoms with E-state index < -0.39 is 15.6 Å². The van der Waals surface area contributed by atoms with Gasteiger partial charge in [-0.2, -0.15) is 0 Å². The van der Waals surface area contributed by atoms with Crippen LogP contribution in [0.2, 0.25) is 0 Å². The quantitative estimate of drug-likeness (QED) is 0.791. The SMILES string of the molecule is CCCNCc1ccc(S(=O)(=O)NC(C)(C)C)s1. The molecule has 0 aliphatic carbocycles. The molecule has 0 aliphatic heterocycles. The molecule has 0 amide bonds. The van der Waals surface area contributed by atoms with E-state index in [1.54, 1.807) is 6.07 Å². The molecule has 0 aromatic carbocycles. The Morgan fingerprint density at radius 2 is 1.94 bits per heavy atom. The van der Waals surface area contributed by atoms with E-state index in [-0.39, 0.29) is 0 Å². The third kappa shape index (κ3) is 5.06. The summed E-state index contributed by atoms with van der Waals surface area (Å²) in [6, 6.07) is 3.53. The van der Waals surface area contributed by atoms with E-state index in [0.29, 0.717) is 4.21 Å². The molecular weight excluding hydrogens is 268 g/mol. The molecule has 0 radical (unpaired) electrons. The molecule has 1 heterocycles. The fraction of sp³-hybridized carbons (Fsp3) is 0.667. The minimum Gasteiger partial charge on any atom is -0.312 e. The second-order valence-corrected chi connectivity index (χ2v) is 8.33. The first-order chi connectivity index (χ1) is 8.24. The molecule has 0 fully saturated rings. The third-order valence-corrected chi connectivity index (χ3v) is 5.40. The van der Waals surface area contributed by atoms with Gasteiger partial charge in [0.25, 0.3) is 10.0 Å². The molecular formula is C12H22N2O2S2. The maximum Gasteiger partial charge on any atom is 0.250 e. The Morgan fingerprint density at radius 1 is 1.28 bits per heavy atom. The summed E-state index contributed by atoms with van der Waals surface area (Å²) in [5, 5.41) is 3.26. The van der Waals surface area contributed by atoms with Crippen LogP contribution in [0.1, 0.15) is 39.0 Å². The number of rotatable bonds is 6. The molecule has 6 heteroatoms. The highest BCUT2D eigenvalue weighted by Gasteiger charge is 2.23. The van der Waals surface area contributed by atoms with Gasteiger partial charge in [0.2, 0.25) is 0 Å². The highest BCUT2D eigenvalue weighted by atomic mass is 32.2. The maximum atomic E-state index is 12.1. The molecule has 0 saturated heterocycles. The summed E-state index contributed by atoms with van der Waals surface area (Å²) in [5.74, 6) is 0. The predicted octanol–water partition coefficient (Wildman–Crippen LogP) is 2.32. The number of hydrogen-bond acceptors (Lipinski definition) is 4. The molecule has 0 atom stereocenters. The topological polar surface area (TPSA) is 58.2 Å². The molecule has 0 saturated carbocycles. The second-order valence-electron chi connectivity index (χ2n) is 5.25. The van der Waals surface area contributed by atoms with Gasteiger partial charge in [-0.05, 0) is 45.9 Å². The van der Waals surface area contributed by atoms with Crippen molar-refractivity contribution in [2.75, 3.05) is 6.54 Å². The summed E-state index contributed by atoms with van der Waals surface area (Å²) in [6.07, 6.45) is 1.07. The van der Waals surface area contributed by atoms with Crippen LogP contribution >= 0.6 is 11.3 Å². The summed E-state index contributed by atoms with van der Waals surface area (Å²) >= 11 is 1.32. The molecule has 18 heavy (non-hydrogen) atoms. The summed E-state index contributed by atoms with van der Waals surface area (Å²) in [7, 11) is -3.39. The van der Waals surface area contributed by atoms with E-state index in [2.05, 4.69) is 17.0 Å². The van der Waals surface area contributed by atoms with Crippen molar-refractivity contribution >= 4 is 21.4 Å². The zero-order valence-electron chi connectivity index (χ0n) is 11.4. The predicted molar refractivity (Wildman–Crippen MR) is 76.4 cm³/mol. The van der Waals surface area contributed by atoms with Gasteiger partial charge < -0.3 is 5.32 Å². The first kappa shape index (κ1) is 15.6. The molecule has 0 spiro atoms. The standard InChI is InChI=1S/C12H22N2O2S2/c1-5-8-13-9-10-6-7-11(17-10)18(15,16)14-12(2,3)4/h6-7,13-14H,5,8-9H2,1-4H3. The van der Waals surface area contributed by atoms with E-state index in [9.17, 15) is 8.42 Å². The molecule has 1 rings (SSSR count). The Kier molecular flexibility index (Phi) is 5.33. The van der Waals surface area contributed by atoms with Crippen LogP contribution in [0.3, 0.4) is 0 Å². The van der Waals surface area contributed by atoms with E-state index in [1.165, 1.54) is 11.3 Å². The maximum absolute atomic E-state index is 12.1. The lowest BCUT2D eigenvalue weighted by Gasteiger charge is -2.19. The van der Waals surface area contributed by atoms with E-state index in [1.807, 2.05) is 26.8 Å². The van der Waals surface area contributed by atoms with Crippen LogP contribution in [0.25, 0.3) is 0 Å². The van der Waals surface area contributed by atoms with Crippen molar-refractivity contribution in [1.82, 2.24) is 10.0 Å². The van der Waals surface area contributed by atoms with Crippen LogP contribution in [0.15, 0.2) is 16.3 Å². The van der Waals surface area contributed by atoms with Gasteiger partial charge in [0.1, 0.15) is 4.21 Å². The molecule has 0 unspecified atom stereocenters. The van der Waals surface area contributed by atoms with Gasteiger partial charge in [-0.1, -0.05) is 6.92 Å². The summed E-state index contributed by atoms with van der Waals surface area (Å²) in [6.45, 7) is 9.28. The van der Waals surface area contributed by atoms with Crippen molar-refractivity contribution in [3.8, 4) is 0 Å². The van der Waals surface area contributed by atoms with Gasteiger partial charge in [-0.15, -0.1) is 11.3 Å². The Labute approximate surface area is 114 Å². The number of thiophene rings is 1. The molecule has 0 bridgehead atoms. The third-order valence-electron chi connectivity index (χ3n) is 2.07. The van der Waals surface area contributed by atoms with Gasteiger partial charge >= 0.3 is 0 Å². The first-order valence-electron chi connectivity index (χ1n) is 6.08. The van der Waals surface area contributed by atoms with Crippen molar-refractivity contribution < 1.29 is 8.42 Å². The zero-order valence-corrected chi connectivity index (χ0v) is 13.0. The Hall–Kier alpha value is -0.430. The summed E-state index contributed by atoms with van der Waals surface area (Å²) in [4.78, 5) is 1.04. The lowest BCUT2D eigenvalue weighted by Crippen LogP contribution is -2.40. The van der Waals surface area contributed by atoms with E-state index in [4.69, 9.17) is 0 Å². The van der Waals surface area contributed by atoms with Gasteiger partial charge in [0, 0.05) is 17.0 Å². The average molecular weight is 290 g/mol. The second kappa shape index (κ2) is 6.14. The first-order valence-corrected chi connectivity index (χ1v) is 8.38. The monoisotopic (exact) mass is 290 g/mol. The number of sulfonamides is 1. The fourth-order valence-corrected chi connectivity index (χ4v) is 4.18. The fourth-order valence-electron chi connectivity index (χ4n) is 1.44. The number of hydrogen-bond donors (Lipinski definition) is 2. The molecule has 2 N–H and O–H groups in total. The van der Waals surface area contributed by atoms with Crippen molar-refractivity contribution in [3.05, 3.63) is 17.0 Å². The molecule has 104 valence electrons. The summed E-state index contributed by atoms with van der Waals surface area (Å²) in [5.41, 5.74) is -0.455. The van der Waals surface area contributed by atoms with Crippen molar-refractivity contribution in [2.45, 2.75) is 50.4 Å². The van der Waals surface area contributed by atoms with Crippen LogP contribution in [0, 0.1) is 0 Å². The summed E-state index contributed by atoms with van der Waals surface area (Å²) < 4.78 is 27.2. The lowest BCUT2D eigenvalue weighted by atomic mass is 10.1. The van der Waals surface area contributed by atoms with Gasteiger partial charge in [0.05, 0.1) is 0 Å². The van der Waals surface area contributed by atoms with Crippen LogP contribution in [0.5, 0.6) is 0 Å². The van der Waals surface area contributed by atoms with Crippen molar-refractivity contribution in [2.24, 2.45) is 0 Å². The zero-order chi connectivity index (χ0) is 13.8. The van der Waals surface area contributed by atoms with Crippen LogP contribution < -0.4 is 10.0 Å². The number of nitrogens with one attached hydrogen (secondary N) is 2. The molecule has 4 nitrogen and oxygen atoms in total. The minimum atomic E-state index is -3.39. The van der Waals surface area contributed by atoms with Crippen molar-refractivity contribution in [3.63, 3.8) is 0 Å². The van der Waals surface area contributed by atoms with E-state index in [0.717, 1.165) is 24.4 Å².